The number of hydrogen-bond donors (Lipinski definition) is 0. The van der Waals surface area contributed by atoms with Crippen LogP contribution in [0.2, 0.25) is 0 Å². The number of rotatable bonds is 14. The fourth-order valence-electron chi connectivity index (χ4n) is 8.58. The van der Waals surface area contributed by atoms with E-state index in [4.69, 9.17) is 17.0 Å². The van der Waals surface area contributed by atoms with Gasteiger partial charge in [-0.2, -0.15) is 41.6 Å². The summed E-state index contributed by atoms with van der Waals surface area (Å²) in [5.74, 6) is 0. The average Bonchev–Trinajstić information content (AvgIpc) is 4.05. The summed E-state index contributed by atoms with van der Waals surface area (Å²) in [6, 6.07) is 59.1. The van der Waals surface area contributed by atoms with Crippen LogP contribution >= 0.6 is 17.0 Å². The van der Waals surface area contributed by atoms with Gasteiger partial charge in [-0.3, -0.25) is 0 Å². The molecule has 0 aromatic heterocycles. The van der Waals surface area contributed by atoms with Crippen molar-refractivity contribution >= 4 is 58.5 Å². The smallest absolute Gasteiger partial charge is 0.0920 e. The summed E-state index contributed by atoms with van der Waals surface area (Å²) in [6.07, 6.45) is 14.8. The number of benzene rings is 6. The molecular formula is C58H61Cl2SiZr-3. The molecule has 0 spiro atoms. The van der Waals surface area contributed by atoms with Gasteiger partial charge in [0.2, 0.25) is 0 Å². The first kappa shape index (κ1) is 47.7. The number of fused-ring (bicyclic) bond motifs is 5. The second kappa shape index (κ2) is 25.5. The molecule has 0 atom stereocenters. The Balaban J connectivity index is 0.000000155. The van der Waals surface area contributed by atoms with E-state index in [0.717, 1.165) is 9.52 Å². The van der Waals surface area contributed by atoms with Crippen molar-refractivity contribution in [1.29, 1.82) is 0 Å². The second-order valence-electron chi connectivity index (χ2n) is 16.3. The van der Waals surface area contributed by atoms with Crippen molar-refractivity contribution in [2.75, 3.05) is 0 Å². The van der Waals surface area contributed by atoms with Crippen molar-refractivity contribution in [2.24, 2.45) is 0 Å². The Kier molecular flexibility index (Phi) is 19.6. The molecule has 0 unspecified atom stereocenters. The summed E-state index contributed by atoms with van der Waals surface area (Å²) in [7, 11) is 10.7. The molecule has 1 aliphatic heterocycles. The fraction of sp³-hybridized carbons (Fsp3) is 0.276. The van der Waals surface area contributed by atoms with Crippen LogP contribution < -0.4 is 10.4 Å². The Bertz CT molecular complexity index is 2400. The van der Waals surface area contributed by atoms with E-state index in [1.165, 1.54) is 165 Å². The third-order valence-electron chi connectivity index (χ3n) is 11.8. The van der Waals surface area contributed by atoms with Crippen LogP contribution in [0.5, 0.6) is 0 Å². The van der Waals surface area contributed by atoms with Gasteiger partial charge in [-0.05, 0) is 60.8 Å². The molecule has 8 aromatic rings. The summed E-state index contributed by atoms with van der Waals surface area (Å²) < 4.78 is 0. The van der Waals surface area contributed by atoms with E-state index in [1.807, 2.05) is 6.07 Å². The molecule has 2 radical (unpaired) electrons. The molecule has 0 saturated carbocycles. The molecule has 318 valence electrons. The minimum absolute atomic E-state index is 0.795. The minimum atomic E-state index is -0.826. The third-order valence-corrected chi connectivity index (χ3v) is 13.2. The van der Waals surface area contributed by atoms with Crippen molar-refractivity contribution in [1.82, 2.24) is 0 Å². The molecule has 0 N–H and O–H groups in total. The van der Waals surface area contributed by atoms with Crippen molar-refractivity contribution < 1.29 is 20.8 Å². The molecule has 0 nitrogen and oxygen atoms in total. The zero-order chi connectivity index (χ0) is 43.5. The van der Waals surface area contributed by atoms with Gasteiger partial charge in [0, 0.05) is 0 Å². The van der Waals surface area contributed by atoms with Gasteiger partial charge in [-0.1, -0.05) is 173 Å². The molecular weight excluding hydrogens is 887 g/mol. The van der Waals surface area contributed by atoms with E-state index in [0.29, 0.717) is 0 Å². The van der Waals surface area contributed by atoms with Gasteiger partial charge in [0.05, 0.1) is 9.52 Å². The molecule has 0 bridgehead atoms. The predicted molar refractivity (Wildman–Crippen MR) is 272 cm³/mol. The van der Waals surface area contributed by atoms with Crippen LogP contribution in [0.25, 0.3) is 54.9 Å². The molecule has 0 amide bonds. The monoisotopic (exact) mass is 945 g/mol. The Hall–Kier alpha value is -3.78. The third kappa shape index (κ3) is 12.7. The average molecular weight is 948 g/mol. The summed E-state index contributed by atoms with van der Waals surface area (Å²) >= 11 is -0.826. The Morgan fingerprint density at radius 3 is 1.39 bits per heavy atom. The van der Waals surface area contributed by atoms with Crippen LogP contribution in [0.15, 0.2) is 152 Å². The molecule has 0 saturated heterocycles. The summed E-state index contributed by atoms with van der Waals surface area (Å²) in [5.41, 5.74) is 14.3. The topological polar surface area (TPSA) is 0 Å². The first-order chi connectivity index (χ1) is 30.5. The van der Waals surface area contributed by atoms with Crippen molar-refractivity contribution in [3.05, 3.63) is 180 Å². The number of aryl methyl sites for hydroxylation is 4. The SMILES string of the molecule is CCCCc1cc2c(-c3ccccc3CCCC)cccc2[cH-]1.CCCCc1cc2c(-c3ccccc3CCCC)cccc2[cH-]1.[Cl][Zr][Cl].[c-]1cccc2c1[Si]c1ccccc1-2. The van der Waals surface area contributed by atoms with E-state index in [9.17, 15) is 0 Å². The maximum Gasteiger partial charge on any atom is 0.0920 e. The first-order valence-electron chi connectivity index (χ1n) is 22.9. The maximum atomic E-state index is 4.93. The van der Waals surface area contributed by atoms with Gasteiger partial charge < -0.3 is 0 Å². The number of unbranched alkanes of at least 4 members (excludes halogenated alkanes) is 4. The zero-order valence-corrected chi connectivity index (χ0v) is 42.1. The maximum absolute atomic E-state index is 4.93. The van der Waals surface area contributed by atoms with Crippen molar-refractivity contribution in [3.63, 3.8) is 0 Å². The summed E-state index contributed by atoms with van der Waals surface area (Å²) in [5, 5.41) is 8.44. The zero-order valence-electron chi connectivity index (χ0n) is 37.2. The summed E-state index contributed by atoms with van der Waals surface area (Å²) in [4.78, 5) is 0. The molecule has 0 fully saturated rings. The Morgan fingerprint density at radius 1 is 0.468 bits per heavy atom. The fourth-order valence-corrected chi connectivity index (χ4v) is 9.89. The molecule has 1 heterocycles. The number of halogens is 2. The van der Waals surface area contributed by atoms with Gasteiger partial charge in [0.15, 0.2) is 0 Å². The molecule has 4 heteroatoms. The standard InChI is InChI=1S/2C23H27.C12H7Si.2ClH.Zr/c2*1-3-5-10-18-16-20-13-9-15-22(23(20)17-18)21-14-8-7-12-19(21)11-6-4-2;1-3-7-11-9(5-1)10-6-2-4-8-12(10)13-11;;;/h2*7-9,12-17H,3-6,10-11H2,1-2H3;1-7H;2*1H;/q3*-1;;;+2/p-2. The Morgan fingerprint density at radius 2 is 0.887 bits per heavy atom. The minimum Gasteiger partial charge on any atom is -0.184 e. The molecule has 62 heavy (non-hydrogen) atoms. The van der Waals surface area contributed by atoms with E-state index in [-0.39, 0.29) is 0 Å². The van der Waals surface area contributed by atoms with Gasteiger partial charge in [0.1, 0.15) is 0 Å². The van der Waals surface area contributed by atoms with Gasteiger partial charge in [0.25, 0.3) is 0 Å². The molecule has 8 aromatic carbocycles. The van der Waals surface area contributed by atoms with Gasteiger partial charge in [-0.15, -0.1) is 74.6 Å². The Labute approximate surface area is 394 Å². The van der Waals surface area contributed by atoms with Crippen LogP contribution in [0.4, 0.5) is 0 Å². The normalized spacial score (nSPS) is 11.1. The summed E-state index contributed by atoms with van der Waals surface area (Å²) in [6.45, 7) is 9.05. The molecule has 0 aliphatic carbocycles. The largest absolute Gasteiger partial charge is 0.184 e. The van der Waals surface area contributed by atoms with E-state index < -0.39 is 20.8 Å². The quantitative estimate of drug-likeness (QED) is 0.0753. The number of hydrogen-bond acceptors (Lipinski definition) is 0. The van der Waals surface area contributed by atoms with Crippen LogP contribution in [0.3, 0.4) is 0 Å². The predicted octanol–water partition coefficient (Wildman–Crippen LogP) is 16.3. The van der Waals surface area contributed by atoms with E-state index in [2.05, 4.69) is 179 Å². The van der Waals surface area contributed by atoms with E-state index >= 15 is 0 Å². The van der Waals surface area contributed by atoms with Crippen LogP contribution in [-0.2, 0) is 46.5 Å². The van der Waals surface area contributed by atoms with Gasteiger partial charge in [-0.25, -0.2) is 0 Å². The first-order valence-corrected chi connectivity index (χ1v) is 30.2. The van der Waals surface area contributed by atoms with Crippen LogP contribution in [-0.4, -0.2) is 9.52 Å². The van der Waals surface area contributed by atoms with Crippen LogP contribution in [0, 0.1) is 6.07 Å². The van der Waals surface area contributed by atoms with Crippen LogP contribution in [0.1, 0.15) is 101 Å². The van der Waals surface area contributed by atoms with Crippen molar-refractivity contribution in [2.45, 2.75) is 105 Å². The molecule has 9 rings (SSSR count). The van der Waals surface area contributed by atoms with E-state index in [1.54, 1.807) is 0 Å². The van der Waals surface area contributed by atoms with Gasteiger partial charge >= 0.3 is 37.9 Å². The molecule has 1 aliphatic rings. The van der Waals surface area contributed by atoms with Crippen molar-refractivity contribution in [3.8, 4) is 33.4 Å². The second-order valence-corrected chi connectivity index (χ2v) is 21.3.